The second kappa shape index (κ2) is 6.60. The molecule has 0 fully saturated rings. The zero-order chi connectivity index (χ0) is 18.0. The van der Waals surface area contributed by atoms with E-state index in [1.807, 2.05) is 31.2 Å². The molecule has 1 N–H and O–H groups in total. The molecule has 3 rings (SSSR count). The Hall–Kier alpha value is -2.80. The van der Waals surface area contributed by atoms with Crippen molar-refractivity contribution >= 4 is 15.7 Å². The number of aromatic nitrogens is 2. The zero-order valence-electron chi connectivity index (χ0n) is 14.2. The van der Waals surface area contributed by atoms with Gasteiger partial charge in [0.05, 0.1) is 24.7 Å². The lowest BCUT2D eigenvalue weighted by atomic mass is 10.1. The number of methoxy groups -OCH3 is 1. The first-order valence-electron chi connectivity index (χ1n) is 7.65. The quantitative estimate of drug-likeness (QED) is 0.761. The van der Waals surface area contributed by atoms with Gasteiger partial charge in [-0.1, -0.05) is 12.1 Å². The molecule has 0 saturated carbocycles. The molecule has 0 amide bonds. The fourth-order valence-corrected chi connectivity index (χ4v) is 3.58. The zero-order valence-corrected chi connectivity index (χ0v) is 15.0. The van der Waals surface area contributed by atoms with Gasteiger partial charge in [0, 0.05) is 25.0 Å². The summed E-state index contributed by atoms with van der Waals surface area (Å²) in [7, 11) is -0.275. The highest BCUT2D eigenvalue weighted by molar-refractivity contribution is 7.92. The number of hydrogen-bond donors (Lipinski definition) is 1. The summed E-state index contributed by atoms with van der Waals surface area (Å²) in [6, 6.07) is 10.8. The van der Waals surface area contributed by atoms with Gasteiger partial charge >= 0.3 is 0 Å². The number of pyridine rings is 1. The number of hydrogen-bond acceptors (Lipinski definition) is 4. The van der Waals surface area contributed by atoms with Gasteiger partial charge in [-0.15, -0.1) is 0 Å². The number of ether oxygens (including phenoxy) is 1. The average Bonchev–Trinajstić information content (AvgIpc) is 3.04. The van der Waals surface area contributed by atoms with Crippen molar-refractivity contribution < 1.29 is 13.2 Å². The predicted octanol–water partition coefficient (Wildman–Crippen LogP) is 3.20. The molecule has 0 saturated heterocycles. The van der Waals surface area contributed by atoms with E-state index in [2.05, 4.69) is 9.71 Å². The van der Waals surface area contributed by atoms with Gasteiger partial charge in [-0.25, -0.2) is 8.42 Å². The molecule has 0 bridgehead atoms. The molecule has 0 spiro atoms. The molecule has 7 heteroatoms. The monoisotopic (exact) mass is 357 g/mol. The van der Waals surface area contributed by atoms with Gasteiger partial charge in [-0.2, -0.15) is 0 Å². The van der Waals surface area contributed by atoms with Crippen LogP contribution in [0, 0.1) is 6.92 Å². The highest BCUT2D eigenvalue weighted by atomic mass is 32.2. The molecular formula is C18H19N3O3S. The standard InChI is InChI=1S/C18H19N3O3S/c1-13-4-5-14(17-7-6-15(24-3)11-19-17)10-18(13)20-25(22,23)16-8-9-21(2)12-16/h4-12,20H,1-3H3. The summed E-state index contributed by atoms with van der Waals surface area (Å²) in [6.07, 6.45) is 4.88. The number of nitrogens with zero attached hydrogens (tertiary/aromatic N) is 2. The van der Waals surface area contributed by atoms with Gasteiger partial charge in [-0.05, 0) is 36.8 Å². The number of anilines is 1. The summed E-state index contributed by atoms with van der Waals surface area (Å²) in [6.45, 7) is 1.86. The van der Waals surface area contributed by atoms with Crippen LogP contribution in [0.3, 0.4) is 0 Å². The SMILES string of the molecule is COc1ccc(-c2ccc(C)c(NS(=O)(=O)c3ccn(C)c3)c2)nc1. The van der Waals surface area contributed by atoms with Gasteiger partial charge in [0.15, 0.2) is 0 Å². The van der Waals surface area contributed by atoms with Crippen molar-refractivity contribution in [3.05, 3.63) is 60.6 Å². The van der Waals surface area contributed by atoms with E-state index in [-0.39, 0.29) is 4.90 Å². The van der Waals surface area contributed by atoms with Crippen LogP contribution in [0.5, 0.6) is 5.75 Å². The Balaban J connectivity index is 1.94. The van der Waals surface area contributed by atoms with E-state index in [1.54, 1.807) is 49.4 Å². The molecule has 0 aliphatic heterocycles. The molecule has 0 unspecified atom stereocenters. The minimum Gasteiger partial charge on any atom is -0.495 e. The lowest BCUT2D eigenvalue weighted by molar-refractivity contribution is 0.413. The highest BCUT2D eigenvalue weighted by Gasteiger charge is 2.17. The van der Waals surface area contributed by atoms with Crippen LogP contribution in [0.25, 0.3) is 11.3 Å². The van der Waals surface area contributed by atoms with E-state index < -0.39 is 10.0 Å². The van der Waals surface area contributed by atoms with Crippen LogP contribution in [-0.4, -0.2) is 25.1 Å². The normalized spacial score (nSPS) is 11.3. The molecule has 0 aliphatic carbocycles. The Bertz CT molecular complexity index is 993. The predicted molar refractivity (Wildman–Crippen MR) is 97.2 cm³/mol. The molecule has 2 heterocycles. The van der Waals surface area contributed by atoms with Crippen LogP contribution >= 0.6 is 0 Å². The van der Waals surface area contributed by atoms with E-state index in [4.69, 9.17) is 4.74 Å². The molecule has 3 aromatic rings. The second-order valence-electron chi connectivity index (χ2n) is 5.73. The number of sulfonamides is 1. The Kier molecular flexibility index (Phi) is 4.50. The van der Waals surface area contributed by atoms with Crippen molar-refractivity contribution in [3.63, 3.8) is 0 Å². The summed E-state index contributed by atoms with van der Waals surface area (Å²) < 4.78 is 34.5. The summed E-state index contributed by atoms with van der Waals surface area (Å²) in [5.74, 6) is 0.667. The van der Waals surface area contributed by atoms with Crippen molar-refractivity contribution in [1.29, 1.82) is 0 Å². The molecule has 0 atom stereocenters. The smallest absolute Gasteiger partial charge is 0.263 e. The third-order valence-corrected chi connectivity index (χ3v) is 5.22. The molecule has 2 aromatic heterocycles. The van der Waals surface area contributed by atoms with Crippen molar-refractivity contribution in [1.82, 2.24) is 9.55 Å². The van der Waals surface area contributed by atoms with Gasteiger partial charge in [0.25, 0.3) is 10.0 Å². The first-order valence-corrected chi connectivity index (χ1v) is 9.13. The Morgan fingerprint density at radius 3 is 2.56 bits per heavy atom. The topological polar surface area (TPSA) is 73.2 Å². The molecule has 1 aromatic carbocycles. The van der Waals surface area contributed by atoms with Gasteiger partial charge in [0.2, 0.25) is 0 Å². The lowest BCUT2D eigenvalue weighted by Gasteiger charge is -2.12. The fourth-order valence-electron chi connectivity index (χ4n) is 2.40. The average molecular weight is 357 g/mol. The molecule has 6 nitrogen and oxygen atoms in total. The van der Waals surface area contributed by atoms with E-state index in [0.717, 1.165) is 16.8 Å². The van der Waals surface area contributed by atoms with E-state index in [9.17, 15) is 8.42 Å². The van der Waals surface area contributed by atoms with E-state index >= 15 is 0 Å². The van der Waals surface area contributed by atoms with Crippen LogP contribution < -0.4 is 9.46 Å². The Labute approximate surface area is 147 Å². The fraction of sp³-hybridized carbons (Fsp3) is 0.167. The maximum atomic E-state index is 12.5. The molecule has 0 radical (unpaired) electrons. The molecule has 0 aliphatic rings. The number of rotatable bonds is 5. The summed E-state index contributed by atoms with van der Waals surface area (Å²) in [5, 5.41) is 0. The Morgan fingerprint density at radius 1 is 1.16 bits per heavy atom. The van der Waals surface area contributed by atoms with Crippen molar-refractivity contribution in [2.45, 2.75) is 11.8 Å². The minimum absolute atomic E-state index is 0.224. The van der Waals surface area contributed by atoms with Crippen molar-refractivity contribution in [2.24, 2.45) is 7.05 Å². The van der Waals surface area contributed by atoms with E-state index in [1.165, 1.54) is 0 Å². The minimum atomic E-state index is -3.64. The van der Waals surface area contributed by atoms with Gasteiger partial charge < -0.3 is 9.30 Å². The number of nitrogens with one attached hydrogen (secondary N) is 1. The van der Waals surface area contributed by atoms with Gasteiger partial charge in [-0.3, -0.25) is 9.71 Å². The van der Waals surface area contributed by atoms with E-state index in [0.29, 0.717) is 11.4 Å². The summed E-state index contributed by atoms with van der Waals surface area (Å²) in [4.78, 5) is 4.57. The number of aryl methyl sites for hydroxylation is 2. The maximum Gasteiger partial charge on any atom is 0.263 e. The Morgan fingerprint density at radius 2 is 1.96 bits per heavy atom. The third-order valence-electron chi connectivity index (χ3n) is 3.86. The first-order chi connectivity index (χ1) is 11.9. The van der Waals surface area contributed by atoms with Crippen LogP contribution in [-0.2, 0) is 17.1 Å². The van der Waals surface area contributed by atoms with Crippen LogP contribution in [0.2, 0.25) is 0 Å². The molecule has 130 valence electrons. The largest absolute Gasteiger partial charge is 0.495 e. The second-order valence-corrected chi connectivity index (χ2v) is 7.41. The molecule has 25 heavy (non-hydrogen) atoms. The number of benzene rings is 1. The lowest BCUT2D eigenvalue weighted by Crippen LogP contribution is -2.13. The van der Waals surface area contributed by atoms with Gasteiger partial charge in [0.1, 0.15) is 10.6 Å². The van der Waals surface area contributed by atoms with Crippen LogP contribution in [0.4, 0.5) is 5.69 Å². The third kappa shape index (κ3) is 3.66. The van der Waals surface area contributed by atoms with Crippen molar-refractivity contribution in [3.8, 4) is 17.0 Å². The molecular weight excluding hydrogens is 338 g/mol. The first kappa shape index (κ1) is 17.0. The van der Waals surface area contributed by atoms with Crippen LogP contribution in [0.15, 0.2) is 59.9 Å². The summed E-state index contributed by atoms with van der Waals surface area (Å²) >= 11 is 0. The highest BCUT2D eigenvalue weighted by Crippen LogP contribution is 2.27. The summed E-state index contributed by atoms with van der Waals surface area (Å²) in [5.41, 5.74) is 2.91. The van der Waals surface area contributed by atoms with Crippen LogP contribution in [0.1, 0.15) is 5.56 Å². The van der Waals surface area contributed by atoms with Crippen molar-refractivity contribution in [2.75, 3.05) is 11.8 Å². The maximum absolute atomic E-state index is 12.5.